The first kappa shape index (κ1) is 40.2. The fraction of sp³-hybridized carbons (Fsp3) is 0.526. The predicted molar refractivity (Wildman–Crippen MR) is 191 cm³/mol. The van der Waals surface area contributed by atoms with E-state index in [1.165, 1.54) is 4.57 Å². The molecule has 1 aromatic heterocycles. The first-order valence-corrected chi connectivity index (χ1v) is 17.2. The third-order valence-corrected chi connectivity index (χ3v) is 7.77. The normalized spacial score (nSPS) is 16.1. The van der Waals surface area contributed by atoms with Gasteiger partial charge in [0.25, 0.3) is 0 Å². The SMILES string of the molecule is CC.CC(C)(C)OC(=O)N1CCC(Nc2cccc3c2cc(C#CCNc2ccccc2)n3CC(F)(F)F)C(CCOCCOCCC=O)C1. The molecule has 1 aliphatic heterocycles. The molecule has 2 unspecified atom stereocenters. The molecule has 12 heteroatoms. The van der Waals surface area contributed by atoms with Crippen LogP contribution in [0.2, 0.25) is 0 Å². The number of halogens is 3. The minimum atomic E-state index is -4.44. The molecule has 1 saturated heterocycles. The zero-order valence-corrected chi connectivity index (χ0v) is 29.8. The maximum absolute atomic E-state index is 13.7. The molecule has 50 heavy (non-hydrogen) atoms. The number of carbonyl (C=O) groups is 2. The van der Waals surface area contributed by atoms with Crippen molar-refractivity contribution in [2.75, 3.05) is 56.7 Å². The van der Waals surface area contributed by atoms with Crippen molar-refractivity contribution in [2.45, 2.75) is 78.2 Å². The zero-order valence-electron chi connectivity index (χ0n) is 29.8. The maximum Gasteiger partial charge on any atom is 0.410 e. The van der Waals surface area contributed by atoms with E-state index in [1.807, 2.05) is 71.0 Å². The van der Waals surface area contributed by atoms with E-state index in [-0.39, 0.29) is 30.3 Å². The lowest BCUT2D eigenvalue weighted by Gasteiger charge is -2.40. The molecule has 3 aromatic rings. The number of ether oxygens (including phenoxy) is 3. The van der Waals surface area contributed by atoms with Crippen LogP contribution in [-0.4, -0.2) is 85.7 Å². The number of nitrogens with one attached hydrogen (secondary N) is 2. The van der Waals surface area contributed by atoms with Gasteiger partial charge < -0.3 is 39.1 Å². The second kappa shape index (κ2) is 19.8. The largest absolute Gasteiger partial charge is 0.444 e. The number of para-hydroxylation sites is 1. The second-order valence-corrected chi connectivity index (χ2v) is 12.7. The quantitative estimate of drug-likeness (QED) is 0.101. The third-order valence-electron chi connectivity index (χ3n) is 7.77. The lowest BCUT2D eigenvalue weighted by Crippen LogP contribution is -2.50. The molecule has 2 atom stereocenters. The molecule has 0 spiro atoms. The van der Waals surface area contributed by atoms with Crippen molar-refractivity contribution < 1.29 is 37.0 Å². The first-order chi connectivity index (χ1) is 23.9. The Balaban J connectivity index is 0.00000332. The van der Waals surface area contributed by atoms with Gasteiger partial charge in [-0.3, -0.25) is 0 Å². The summed E-state index contributed by atoms with van der Waals surface area (Å²) in [6.45, 7) is 11.0. The van der Waals surface area contributed by atoms with Crippen molar-refractivity contribution in [2.24, 2.45) is 5.92 Å². The van der Waals surface area contributed by atoms with Gasteiger partial charge in [-0.05, 0) is 75.8 Å². The van der Waals surface area contributed by atoms with Gasteiger partial charge in [-0.2, -0.15) is 13.2 Å². The molecule has 2 N–H and O–H groups in total. The van der Waals surface area contributed by atoms with Crippen LogP contribution in [0.25, 0.3) is 10.9 Å². The first-order valence-electron chi connectivity index (χ1n) is 17.2. The van der Waals surface area contributed by atoms with Crippen LogP contribution in [0.4, 0.5) is 29.3 Å². The summed E-state index contributed by atoms with van der Waals surface area (Å²) in [5, 5.41) is 7.40. The van der Waals surface area contributed by atoms with Crippen molar-refractivity contribution in [3.63, 3.8) is 0 Å². The number of rotatable bonds is 14. The summed E-state index contributed by atoms with van der Waals surface area (Å²) in [6.07, 6.45) is -2.45. The number of carbonyl (C=O) groups excluding carboxylic acids is 2. The van der Waals surface area contributed by atoms with Gasteiger partial charge in [-0.1, -0.05) is 44.0 Å². The lowest BCUT2D eigenvalue weighted by molar-refractivity contribution is -0.140. The van der Waals surface area contributed by atoms with E-state index >= 15 is 0 Å². The number of alkyl halides is 3. The zero-order chi connectivity index (χ0) is 36.6. The highest BCUT2D eigenvalue weighted by Crippen LogP contribution is 2.33. The summed E-state index contributed by atoms with van der Waals surface area (Å²) in [5.41, 5.74) is 1.63. The molecule has 2 aromatic carbocycles. The van der Waals surface area contributed by atoms with Gasteiger partial charge in [0.15, 0.2) is 0 Å². The second-order valence-electron chi connectivity index (χ2n) is 12.7. The van der Waals surface area contributed by atoms with E-state index in [0.29, 0.717) is 75.4 Å². The molecule has 0 bridgehead atoms. The number of nitrogens with zero attached hydrogens (tertiary/aromatic N) is 2. The minimum Gasteiger partial charge on any atom is -0.444 e. The number of aromatic nitrogens is 1. The van der Waals surface area contributed by atoms with Crippen LogP contribution in [0.5, 0.6) is 0 Å². The van der Waals surface area contributed by atoms with Crippen molar-refractivity contribution in [1.82, 2.24) is 9.47 Å². The molecular weight excluding hydrogens is 649 g/mol. The van der Waals surface area contributed by atoms with Crippen molar-refractivity contribution in [3.05, 3.63) is 60.3 Å². The van der Waals surface area contributed by atoms with Gasteiger partial charge in [-0.15, -0.1) is 0 Å². The molecule has 1 fully saturated rings. The summed E-state index contributed by atoms with van der Waals surface area (Å²) in [5.74, 6) is 5.89. The van der Waals surface area contributed by atoms with Gasteiger partial charge in [0.2, 0.25) is 0 Å². The highest BCUT2D eigenvalue weighted by molar-refractivity contribution is 5.94. The van der Waals surface area contributed by atoms with Crippen LogP contribution in [0.3, 0.4) is 0 Å². The molecule has 274 valence electrons. The number of aldehydes is 1. The summed E-state index contributed by atoms with van der Waals surface area (Å²) in [7, 11) is 0. The van der Waals surface area contributed by atoms with Gasteiger partial charge in [0.05, 0.1) is 37.6 Å². The molecular formula is C38H51F3N4O5. The Labute approximate surface area is 293 Å². The van der Waals surface area contributed by atoms with E-state index in [1.54, 1.807) is 23.1 Å². The number of piperidine rings is 1. The highest BCUT2D eigenvalue weighted by atomic mass is 19.4. The minimum absolute atomic E-state index is 0.0295. The molecule has 0 aliphatic carbocycles. The molecule has 1 amide bonds. The standard InChI is InChI=1S/C36H45F3N4O5.C2H6/c1-35(2,3)48-34(45)42-18-15-31(27(25-42)16-21-47-23-22-46-20-9-19-44)41-32-13-7-14-33-30(32)24-29(43(33)26-36(37,38)39)12-8-17-40-28-10-5-4-6-11-28;1-2/h4-7,10-11,13-14,19,24,27,31,40-41H,9,15-18,20-23,25-26H2,1-3H3;1-2H3. The fourth-order valence-electron chi connectivity index (χ4n) is 5.60. The predicted octanol–water partition coefficient (Wildman–Crippen LogP) is 7.74. The number of fused-ring (bicyclic) bond motifs is 1. The van der Waals surface area contributed by atoms with E-state index < -0.39 is 18.3 Å². The van der Waals surface area contributed by atoms with E-state index in [0.717, 1.165) is 12.0 Å². The third kappa shape index (κ3) is 13.2. The average Bonchev–Trinajstić information content (AvgIpc) is 3.42. The fourth-order valence-corrected chi connectivity index (χ4v) is 5.60. The molecule has 0 saturated carbocycles. The van der Waals surface area contributed by atoms with Gasteiger partial charge >= 0.3 is 12.3 Å². The molecule has 2 heterocycles. The monoisotopic (exact) mass is 700 g/mol. The Hall–Kier alpha value is -4.21. The number of amides is 1. The van der Waals surface area contributed by atoms with Gasteiger partial charge in [0.1, 0.15) is 18.4 Å². The van der Waals surface area contributed by atoms with Crippen LogP contribution in [0.1, 0.15) is 59.6 Å². The van der Waals surface area contributed by atoms with Crippen molar-refractivity contribution in [1.29, 1.82) is 0 Å². The Morgan fingerprint density at radius 1 is 1.00 bits per heavy atom. The molecule has 4 rings (SSSR count). The van der Waals surface area contributed by atoms with Crippen molar-refractivity contribution >= 4 is 34.7 Å². The number of likely N-dealkylation sites (tertiary alicyclic amines) is 1. The average molecular weight is 701 g/mol. The van der Waals surface area contributed by atoms with Crippen LogP contribution in [0.15, 0.2) is 54.6 Å². The van der Waals surface area contributed by atoms with E-state index in [9.17, 15) is 22.8 Å². The topological polar surface area (TPSA) is 94.1 Å². The number of anilines is 2. The Kier molecular flexibility index (Phi) is 16.0. The van der Waals surface area contributed by atoms with Crippen LogP contribution >= 0.6 is 0 Å². The molecule has 9 nitrogen and oxygen atoms in total. The summed E-state index contributed by atoms with van der Waals surface area (Å²) in [4.78, 5) is 25.1. The van der Waals surface area contributed by atoms with E-state index in [2.05, 4.69) is 22.5 Å². The summed E-state index contributed by atoms with van der Waals surface area (Å²) in [6, 6.07) is 16.4. The molecule has 1 aliphatic rings. The van der Waals surface area contributed by atoms with Crippen LogP contribution < -0.4 is 10.6 Å². The lowest BCUT2D eigenvalue weighted by atomic mass is 9.89. The van der Waals surface area contributed by atoms with Crippen LogP contribution in [-0.2, 0) is 25.5 Å². The Bertz CT molecular complexity index is 1540. The van der Waals surface area contributed by atoms with Crippen molar-refractivity contribution in [3.8, 4) is 11.8 Å². The smallest absolute Gasteiger partial charge is 0.410 e. The number of hydrogen-bond donors (Lipinski definition) is 2. The van der Waals surface area contributed by atoms with Gasteiger partial charge in [-0.25, -0.2) is 4.79 Å². The Morgan fingerprint density at radius 2 is 1.72 bits per heavy atom. The highest BCUT2D eigenvalue weighted by Gasteiger charge is 2.34. The Morgan fingerprint density at radius 3 is 2.40 bits per heavy atom. The van der Waals surface area contributed by atoms with Crippen LogP contribution in [0, 0.1) is 17.8 Å². The number of hydrogen-bond acceptors (Lipinski definition) is 7. The number of benzene rings is 2. The van der Waals surface area contributed by atoms with Gasteiger partial charge in [0, 0.05) is 48.9 Å². The molecule has 0 radical (unpaired) electrons. The summed E-state index contributed by atoms with van der Waals surface area (Å²) >= 11 is 0. The maximum atomic E-state index is 13.7. The van der Waals surface area contributed by atoms with E-state index in [4.69, 9.17) is 14.2 Å². The summed E-state index contributed by atoms with van der Waals surface area (Å²) < 4.78 is 59.2.